The minimum atomic E-state index is 0.853. The Morgan fingerprint density at radius 3 is 2.95 bits per heavy atom. The topological polar surface area (TPSA) is 24.9 Å². The van der Waals surface area contributed by atoms with Gasteiger partial charge in [0.1, 0.15) is 0 Å². The second-order valence-electron chi connectivity index (χ2n) is 5.29. The second-order valence-corrected chi connectivity index (χ2v) is 7.37. The molecule has 2 aromatic rings. The van der Waals surface area contributed by atoms with Crippen LogP contribution in [0.25, 0.3) is 10.9 Å². The lowest BCUT2D eigenvalue weighted by Gasteiger charge is -2.21. The summed E-state index contributed by atoms with van der Waals surface area (Å²) in [5, 5.41) is 4.81. The quantitative estimate of drug-likeness (QED) is 0.892. The summed E-state index contributed by atoms with van der Waals surface area (Å²) in [5.74, 6) is 3.51. The van der Waals surface area contributed by atoms with Crippen molar-refractivity contribution in [1.29, 1.82) is 0 Å². The van der Waals surface area contributed by atoms with Crippen molar-refractivity contribution in [3.63, 3.8) is 0 Å². The molecule has 0 radical (unpaired) electrons. The minimum absolute atomic E-state index is 0.853. The summed E-state index contributed by atoms with van der Waals surface area (Å²) in [6.07, 6.45) is 4.59. The predicted octanol–water partition coefficient (Wildman–Crippen LogP) is 4.23. The van der Waals surface area contributed by atoms with Gasteiger partial charge in [0.05, 0.1) is 5.52 Å². The Balaban J connectivity index is 1.67. The van der Waals surface area contributed by atoms with Gasteiger partial charge < -0.3 is 5.32 Å². The Morgan fingerprint density at radius 1 is 1.25 bits per heavy atom. The number of benzene rings is 1. The van der Waals surface area contributed by atoms with Gasteiger partial charge in [0.15, 0.2) is 0 Å². The average Bonchev–Trinajstić information content (AvgIpc) is 2.51. The van der Waals surface area contributed by atoms with Crippen molar-refractivity contribution in [2.75, 3.05) is 18.1 Å². The van der Waals surface area contributed by atoms with Crippen molar-refractivity contribution < 1.29 is 0 Å². The van der Waals surface area contributed by atoms with E-state index in [0.717, 1.165) is 29.0 Å². The highest BCUT2D eigenvalue weighted by Gasteiger charge is 2.13. The van der Waals surface area contributed by atoms with Crippen LogP contribution < -0.4 is 5.32 Å². The van der Waals surface area contributed by atoms with Crippen molar-refractivity contribution in [3.8, 4) is 0 Å². The van der Waals surface area contributed by atoms with Gasteiger partial charge in [-0.25, -0.2) is 0 Å². The fourth-order valence-corrected chi connectivity index (χ4v) is 4.36. The molecule has 0 bridgehead atoms. The van der Waals surface area contributed by atoms with Gasteiger partial charge in [-0.2, -0.15) is 11.8 Å². The normalized spacial score (nSPS) is 16.6. The molecule has 1 aliphatic rings. The van der Waals surface area contributed by atoms with Gasteiger partial charge in [-0.05, 0) is 54.5 Å². The number of nitrogens with zero attached hydrogens (tertiary/aromatic N) is 1. The number of hydrogen-bond acceptors (Lipinski definition) is 3. The Labute approximate surface area is 132 Å². The first kappa shape index (κ1) is 14.4. The van der Waals surface area contributed by atoms with Crippen molar-refractivity contribution in [1.82, 2.24) is 10.3 Å². The maximum absolute atomic E-state index is 4.53. The molecule has 0 aliphatic carbocycles. The smallest absolute Gasteiger partial charge is 0.0758 e. The molecule has 0 unspecified atom stereocenters. The lowest BCUT2D eigenvalue weighted by atomic mass is 10.0. The maximum Gasteiger partial charge on any atom is 0.0758 e. The summed E-state index contributed by atoms with van der Waals surface area (Å²) in [4.78, 5) is 4.53. The van der Waals surface area contributed by atoms with Crippen LogP contribution in [0.3, 0.4) is 0 Å². The summed E-state index contributed by atoms with van der Waals surface area (Å²) < 4.78 is 1.12. The molecule has 4 heteroatoms. The highest BCUT2D eigenvalue weighted by molar-refractivity contribution is 9.10. The van der Waals surface area contributed by atoms with E-state index in [9.17, 15) is 0 Å². The fraction of sp³-hybridized carbons (Fsp3) is 0.438. The third kappa shape index (κ3) is 3.35. The van der Waals surface area contributed by atoms with E-state index in [0.29, 0.717) is 0 Å². The Kier molecular flexibility index (Phi) is 4.97. The summed E-state index contributed by atoms with van der Waals surface area (Å²) in [6.45, 7) is 2.04. The van der Waals surface area contributed by atoms with Gasteiger partial charge >= 0.3 is 0 Å². The van der Waals surface area contributed by atoms with E-state index in [1.165, 1.54) is 35.3 Å². The molecule has 1 aliphatic heterocycles. The second kappa shape index (κ2) is 6.92. The Morgan fingerprint density at radius 2 is 2.10 bits per heavy atom. The molecular weight excluding hydrogens is 332 g/mol. The van der Waals surface area contributed by atoms with Crippen LogP contribution in [0.4, 0.5) is 0 Å². The van der Waals surface area contributed by atoms with Crippen LogP contribution in [-0.4, -0.2) is 23.0 Å². The van der Waals surface area contributed by atoms with Crippen LogP contribution in [0.5, 0.6) is 0 Å². The summed E-state index contributed by atoms with van der Waals surface area (Å²) in [7, 11) is 0. The number of thioether (sulfide) groups is 1. The first-order valence-corrected chi connectivity index (χ1v) is 9.10. The molecule has 3 rings (SSSR count). The predicted molar refractivity (Wildman–Crippen MR) is 91.2 cm³/mol. The molecule has 1 N–H and O–H groups in total. The molecule has 1 saturated heterocycles. The Hall–Kier alpha value is -0.580. The van der Waals surface area contributed by atoms with Crippen molar-refractivity contribution in [3.05, 3.63) is 40.5 Å². The van der Waals surface area contributed by atoms with Crippen molar-refractivity contribution in [2.24, 2.45) is 5.92 Å². The summed E-state index contributed by atoms with van der Waals surface area (Å²) in [5.41, 5.74) is 2.39. The molecule has 1 aromatic carbocycles. The van der Waals surface area contributed by atoms with E-state index in [1.807, 2.05) is 12.3 Å². The third-order valence-electron chi connectivity index (χ3n) is 3.89. The van der Waals surface area contributed by atoms with Crippen LogP contribution in [-0.2, 0) is 6.54 Å². The number of halogens is 1. The van der Waals surface area contributed by atoms with Crippen LogP contribution in [0.2, 0.25) is 0 Å². The third-order valence-corrected chi connectivity index (χ3v) is 5.63. The van der Waals surface area contributed by atoms with Gasteiger partial charge in [0, 0.05) is 22.6 Å². The summed E-state index contributed by atoms with van der Waals surface area (Å²) >= 11 is 5.69. The largest absolute Gasteiger partial charge is 0.312 e. The number of fused-ring (bicyclic) bond motifs is 1. The number of aromatic nitrogens is 1. The zero-order chi connectivity index (χ0) is 13.8. The molecule has 0 saturated carbocycles. The molecule has 2 nitrogen and oxygen atoms in total. The van der Waals surface area contributed by atoms with E-state index >= 15 is 0 Å². The average molecular weight is 351 g/mol. The zero-order valence-electron chi connectivity index (χ0n) is 11.4. The van der Waals surface area contributed by atoms with Crippen LogP contribution in [0, 0.1) is 5.92 Å². The van der Waals surface area contributed by atoms with E-state index in [4.69, 9.17) is 0 Å². The SMILES string of the molecule is Brc1ccc(CNCC2CCSCC2)c2ncccc12. The molecule has 1 fully saturated rings. The first-order chi connectivity index (χ1) is 9.84. The molecule has 1 aromatic heterocycles. The van der Waals surface area contributed by atoms with Crippen LogP contribution in [0.15, 0.2) is 34.9 Å². The van der Waals surface area contributed by atoms with Crippen molar-refractivity contribution >= 4 is 38.6 Å². The molecule has 2 heterocycles. The molecule has 0 amide bonds. The number of pyridine rings is 1. The molecule has 106 valence electrons. The zero-order valence-corrected chi connectivity index (χ0v) is 13.8. The lowest BCUT2D eigenvalue weighted by Crippen LogP contribution is -2.25. The minimum Gasteiger partial charge on any atom is -0.312 e. The first-order valence-electron chi connectivity index (χ1n) is 7.15. The fourth-order valence-electron chi connectivity index (χ4n) is 2.70. The van der Waals surface area contributed by atoms with Gasteiger partial charge in [0.25, 0.3) is 0 Å². The summed E-state index contributed by atoms with van der Waals surface area (Å²) in [6, 6.07) is 8.40. The highest BCUT2D eigenvalue weighted by Crippen LogP contribution is 2.25. The molecule has 0 spiro atoms. The van der Waals surface area contributed by atoms with Crippen LogP contribution >= 0.6 is 27.7 Å². The molecule has 0 atom stereocenters. The molecule has 20 heavy (non-hydrogen) atoms. The van der Waals surface area contributed by atoms with Gasteiger partial charge in [-0.3, -0.25) is 4.98 Å². The van der Waals surface area contributed by atoms with Crippen LogP contribution in [0.1, 0.15) is 18.4 Å². The van der Waals surface area contributed by atoms with E-state index in [2.05, 4.69) is 56.2 Å². The van der Waals surface area contributed by atoms with E-state index in [-0.39, 0.29) is 0 Å². The lowest BCUT2D eigenvalue weighted by molar-refractivity contribution is 0.448. The maximum atomic E-state index is 4.53. The monoisotopic (exact) mass is 350 g/mol. The van der Waals surface area contributed by atoms with Crippen molar-refractivity contribution in [2.45, 2.75) is 19.4 Å². The molecular formula is C16H19BrN2S. The Bertz CT molecular complexity index is 582. The van der Waals surface area contributed by atoms with Gasteiger partial charge in [-0.1, -0.05) is 28.1 Å². The van der Waals surface area contributed by atoms with Gasteiger partial charge in [-0.15, -0.1) is 0 Å². The van der Waals surface area contributed by atoms with E-state index < -0.39 is 0 Å². The standard InChI is InChI=1S/C16H19BrN2S/c17-15-4-3-13(16-14(15)2-1-7-19-16)11-18-10-12-5-8-20-9-6-12/h1-4,7,12,18H,5-6,8-11H2. The van der Waals surface area contributed by atoms with Gasteiger partial charge in [0.2, 0.25) is 0 Å². The highest BCUT2D eigenvalue weighted by atomic mass is 79.9. The number of nitrogens with one attached hydrogen (secondary N) is 1. The number of rotatable bonds is 4. The number of hydrogen-bond donors (Lipinski definition) is 1. The van der Waals surface area contributed by atoms with E-state index in [1.54, 1.807) is 0 Å².